The number of rotatable bonds is 8. The van der Waals surface area contributed by atoms with Gasteiger partial charge in [0.05, 0.1) is 6.61 Å². The molecule has 8 nitrogen and oxygen atoms in total. The number of hydrogen-bond acceptors (Lipinski definition) is 7. The highest BCUT2D eigenvalue weighted by molar-refractivity contribution is 5.29. The van der Waals surface area contributed by atoms with Crippen LogP contribution in [0.4, 0.5) is 5.95 Å². The highest BCUT2D eigenvalue weighted by Gasteiger charge is 2.09. The van der Waals surface area contributed by atoms with Crippen LogP contribution >= 0.6 is 0 Å². The SMILES string of the molecule is CCNc1nc(OCCOCC)nc(-n2cccn2)n1. The quantitative estimate of drug-likeness (QED) is 0.718. The van der Waals surface area contributed by atoms with E-state index in [1.165, 1.54) is 0 Å². The zero-order valence-electron chi connectivity index (χ0n) is 11.6. The molecule has 0 aromatic carbocycles. The van der Waals surface area contributed by atoms with Crippen molar-refractivity contribution in [2.45, 2.75) is 13.8 Å². The Labute approximate surface area is 117 Å². The lowest BCUT2D eigenvalue weighted by Gasteiger charge is -2.08. The third kappa shape index (κ3) is 3.89. The molecule has 108 valence electrons. The Hall–Kier alpha value is -2.22. The predicted octanol–water partition coefficient (Wildman–Crippen LogP) is 0.904. The van der Waals surface area contributed by atoms with E-state index in [-0.39, 0.29) is 6.01 Å². The molecule has 0 radical (unpaired) electrons. The minimum atomic E-state index is 0.251. The normalized spacial score (nSPS) is 10.5. The molecule has 2 heterocycles. The molecule has 0 amide bonds. The van der Waals surface area contributed by atoms with Crippen LogP contribution in [-0.4, -0.2) is 51.1 Å². The van der Waals surface area contributed by atoms with E-state index in [1.807, 2.05) is 13.8 Å². The Morgan fingerprint density at radius 2 is 2.10 bits per heavy atom. The largest absolute Gasteiger partial charge is 0.461 e. The Bertz CT molecular complexity index is 517. The lowest BCUT2D eigenvalue weighted by atomic mass is 10.7. The molecular formula is C12H18N6O2. The summed E-state index contributed by atoms with van der Waals surface area (Å²) in [5.41, 5.74) is 0. The van der Waals surface area contributed by atoms with Gasteiger partial charge in [-0.1, -0.05) is 0 Å². The summed E-state index contributed by atoms with van der Waals surface area (Å²) in [6, 6.07) is 2.05. The summed E-state index contributed by atoms with van der Waals surface area (Å²) in [6.45, 7) is 6.15. The summed E-state index contributed by atoms with van der Waals surface area (Å²) in [5, 5.41) is 7.13. The molecular weight excluding hydrogens is 260 g/mol. The van der Waals surface area contributed by atoms with Crippen LogP contribution in [-0.2, 0) is 4.74 Å². The number of nitrogens with one attached hydrogen (secondary N) is 1. The van der Waals surface area contributed by atoms with Crippen molar-refractivity contribution in [3.05, 3.63) is 18.5 Å². The fourth-order valence-electron chi connectivity index (χ4n) is 1.47. The highest BCUT2D eigenvalue weighted by Crippen LogP contribution is 2.10. The van der Waals surface area contributed by atoms with Crippen molar-refractivity contribution in [2.24, 2.45) is 0 Å². The van der Waals surface area contributed by atoms with E-state index < -0.39 is 0 Å². The molecule has 0 spiro atoms. The lowest BCUT2D eigenvalue weighted by molar-refractivity contribution is 0.106. The van der Waals surface area contributed by atoms with E-state index in [9.17, 15) is 0 Å². The smallest absolute Gasteiger partial charge is 0.323 e. The van der Waals surface area contributed by atoms with Crippen LogP contribution in [0.5, 0.6) is 6.01 Å². The lowest BCUT2D eigenvalue weighted by Crippen LogP contribution is -2.13. The van der Waals surface area contributed by atoms with Crippen LogP contribution in [0.3, 0.4) is 0 Å². The molecule has 1 N–H and O–H groups in total. The van der Waals surface area contributed by atoms with Gasteiger partial charge in [-0.05, 0) is 19.9 Å². The van der Waals surface area contributed by atoms with E-state index in [4.69, 9.17) is 9.47 Å². The fraction of sp³-hybridized carbons (Fsp3) is 0.500. The maximum Gasteiger partial charge on any atom is 0.323 e. The van der Waals surface area contributed by atoms with Gasteiger partial charge >= 0.3 is 6.01 Å². The second kappa shape index (κ2) is 7.39. The molecule has 20 heavy (non-hydrogen) atoms. The zero-order valence-corrected chi connectivity index (χ0v) is 11.6. The first-order valence-corrected chi connectivity index (χ1v) is 6.54. The van der Waals surface area contributed by atoms with Gasteiger partial charge in [-0.15, -0.1) is 0 Å². The van der Waals surface area contributed by atoms with E-state index in [2.05, 4.69) is 25.4 Å². The van der Waals surface area contributed by atoms with Gasteiger partial charge in [0.1, 0.15) is 6.61 Å². The van der Waals surface area contributed by atoms with Crippen molar-refractivity contribution in [2.75, 3.05) is 31.7 Å². The van der Waals surface area contributed by atoms with Gasteiger partial charge in [-0.3, -0.25) is 0 Å². The molecule has 0 aliphatic rings. The first-order valence-electron chi connectivity index (χ1n) is 6.54. The van der Waals surface area contributed by atoms with Crippen LogP contribution in [0.15, 0.2) is 18.5 Å². The summed E-state index contributed by atoms with van der Waals surface area (Å²) < 4.78 is 12.2. The van der Waals surface area contributed by atoms with Crippen LogP contribution in [0.2, 0.25) is 0 Å². The topological polar surface area (TPSA) is 87.0 Å². The Morgan fingerprint density at radius 1 is 1.20 bits per heavy atom. The minimum Gasteiger partial charge on any atom is -0.461 e. The zero-order chi connectivity index (χ0) is 14.2. The van der Waals surface area contributed by atoms with Crippen molar-refractivity contribution in [3.8, 4) is 12.0 Å². The second-order valence-electron chi connectivity index (χ2n) is 3.77. The summed E-state index contributed by atoms with van der Waals surface area (Å²) in [4.78, 5) is 12.7. The maximum absolute atomic E-state index is 5.47. The first-order chi connectivity index (χ1) is 9.83. The average Bonchev–Trinajstić information content (AvgIpc) is 2.98. The molecule has 2 aromatic rings. The van der Waals surface area contributed by atoms with Crippen LogP contribution in [0.25, 0.3) is 5.95 Å². The third-order valence-electron chi connectivity index (χ3n) is 2.31. The molecule has 0 saturated heterocycles. The molecule has 0 saturated carbocycles. The van der Waals surface area contributed by atoms with E-state index in [1.54, 1.807) is 23.1 Å². The molecule has 2 rings (SSSR count). The predicted molar refractivity (Wildman–Crippen MR) is 73.1 cm³/mol. The molecule has 8 heteroatoms. The highest BCUT2D eigenvalue weighted by atomic mass is 16.5. The second-order valence-corrected chi connectivity index (χ2v) is 3.77. The molecule has 0 fully saturated rings. The van der Waals surface area contributed by atoms with Crippen molar-refractivity contribution in [1.82, 2.24) is 24.7 Å². The Kier molecular flexibility index (Phi) is 5.24. The Morgan fingerprint density at radius 3 is 2.80 bits per heavy atom. The van der Waals surface area contributed by atoms with Gasteiger partial charge in [0, 0.05) is 25.5 Å². The van der Waals surface area contributed by atoms with Crippen molar-refractivity contribution >= 4 is 5.95 Å². The third-order valence-corrected chi connectivity index (χ3v) is 2.31. The maximum atomic E-state index is 5.47. The summed E-state index contributed by atoms with van der Waals surface area (Å²) in [5.74, 6) is 0.867. The monoisotopic (exact) mass is 278 g/mol. The van der Waals surface area contributed by atoms with Gasteiger partial charge in [-0.2, -0.15) is 20.1 Å². The van der Waals surface area contributed by atoms with E-state index in [0.717, 1.165) is 0 Å². The summed E-state index contributed by atoms with van der Waals surface area (Å²) in [7, 11) is 0. The van der Waals surface area contributed by atoms with Crippen LogP contribution in [0, 0.1) is 0 Å². The number of nitrogens with zero attached hydrogens (tertiary/aromatic N) is 5. The van der Waals surface area contributed by atoms with E-state index >= 15 is 0 Å². The summed E-state index contributed by atoms with van der Waals surface area (Å²) >= 11 is 0. The molecule has 2 aromatic heterocycles. The summed E-state index contributed by atoms with van der Waals surface area (Å²) in [6.07, 6.45) is 3.42. The Balaban J connectivity index is 2.13. The number of hydrogen-bond donors (Lipinski definition) is 1. The van der Waals surface area contributed by atoms with Gasteiger partial charge in [0.25, 0.3) is 5.95 Å². The van der Waals surface area contributed by atoms with Gasteiger partial charge in [0.15, 0.2) is 0 Å². The molecule has 0 unspecified atom stereocenters. The van der Waals surface area contributed by atoms with Crippen molar-refractivity contribution < 1.29 is 9.47 Å². The molecule has 0 atom stereocenters. The molecule has 0 aliphatic carbocycles. The van der Waals surface area contributed by atoms with Crippen molar-refractivity contribution in [1.29, 1.82) is 0 Å². The van der Waals surface area contributed by atoms with Crippen LogP contribution < -0.4 is 10.1 Å². The van der Waals surface area contributed by atoms with Crippen LogP contribution in [0.1, 0.15) is 13.8 Å². The number of aromatic nitrogens is 5. The number of anilines is 1. The van der Waals surface area contributed by atoms with Crippen molar-refractivity contribution in [3.63, 3.8) is 0 Å². The average molecular weight is 278 g/mol. The number of ether oxygens (including phenoxy) is 2. The minimum absolute atomic E-state index is 0.251. The van der Waals surface area contributed by atoms with Gasteiger partial charge in [-0.25, -0.2) is 4.68 Å². The van der Waals surface area contributed by atoms with Gasteiger partial charge < -0.3 is 14.8 Å². The fourth-order valence-corrected chi connectivity index (χ4v) is 1.47. The van der Waals surface area contributed by atoms with Gasteiger partial charge in [0.2, 0.25) is 5.95 Å². The standard InChI is InChI=1S/C12H18N6O2/c1-3-13-10-15-11(18-7-5-6-14-18)17-12(16-10)20-9-8-19-4-2/h5-7H,3-4,8-9H2,1-2H3,(H,13,15,16,17). The van der Waals surface area contributed by atoms with E-state index in [0.29, 0.717) is 38.3 Å². The molecule has 0 aliphatic heterocycles. The molecule has 0 bridgehead atoms. The first kappa shape index (κ1) is 14.2.